The highest BCUT2D eigenvalue weighted by Gasteiger charge is 2.17. The minimum atomic E-state index is -0.303. The molecule has 0 radical (unpaired) electrons. The number of aryl methyl sites for hydroxylation is 1. The van der Waals surface area contributed by atoms with Gasteiger partial charge >= 0.3 is 0 Å². The number of aromatic nitrogens is 2. The van der Waals surface area contributed by atoms with Crippen molar-refractivity contribution in [1.82, 2.24) is 9.55 Å². The molecule has 0 unspecified atom stereocenters. The van der Waals surface area contributed by atoms with Gasteiger partial charge in [-0.2, -0.15) is 0 Å². The van der Waals surface area contributed by atoms with Gasteiger partial charge in [-0.1, -0.05) is 29.8 Å². The minimum absolute atomic E-state index is 0.303. The minimum Gasteiger partial charge on any atom is -0.437 e. The molecule has 4 rings (SSSR count). The van der Waals surface area contributed by atoms with Crippen molar-refractivity contribution >= 4 is 22.5 Å². The molecule has 2 aromatic carbocycles. The molecule has 2 heterocycles. The summed E-state index contributed by atoms with van der Waals surface area (Å²) < 4.78 is 21.3. The maximum absolute atomic E-state index is 13.2. The number of rotatable bonds is 4. The van der Waals surface area contributed by atoms with E-state index in [1.165, 1.54) is 17.7 Å². The lowest BCUT2D eigenvalue weighted by atomic mass is 10.2. The second kappa shape index (κ2) is 7.05. The van der Waals surface area contributed by atoms with Crippen molar-refractivity contribution in [2.24, 2.45) is 0 Å². The van der Waals surface area contributed by atoms with Gasteiger partial charge in [0.25, 0.3) is 0 Å². The molecule has 0 fully saturated rings. The molecule has 0 bridgehead atoms. The van der Waals surface area contributed by atoms with Gasteiger partial charge in [0.05, 0.1) is 0 Å². The summed E-state index contributed by atoms with van der Waals surface area (Å²) in [6.07, 6.45) is 1.73. The molecule has 5 heteroatoms. The lowest BCUT2D eigenvalue weighted by molar-refractivity contribution is 0.464. The zero-order valence-electron chi connectivity index (χ0n) is 15.0. The first-order valence-corrected chi connectivity index (χ1v) is 9.03. The summed E-state index contributed by atoms with van der Waals surface area (Å²) in [5.74, 6) is 0.724. The van der Waals surface area contributed by atoms with E-state index in [2.05, 4.69) is 23.4 Å². The number of halogens is 2. The van der Waals surface area contributed by atoms with Crippen LogP contribution in [-0.2, 0) is 6.54 Å². The second-order valence-electron chi connectivity index (χ2n) is 6.46. The normalized spacial score (nSPS) is 11.1. The zero-order chi connectivity index (χ0) is 19.0. The Labute approximate surface area is 162 Å². The first-order chi connectivity index (χ1) is 13.0. The van der Waals surface area contributed by atoms with Crippen LogP contribution in [0.5, 0.6) is 11.6 Å². The Morgan fingerprint density at radius 1 is 1.04 bits per heavy atom. The van der Waals surface area contributed by atoms with E-state index in [-0.39, 0.29) is 5.82 Å². The van der Waals surface area contributed by atoms with Crippen LogP contribution in [0.2, 0.25) is 5.02 Å². The molecule has 0 aliphatic rings. The third-order valence-electron chi connectivity index (χ3n) is 4.83. The van der Waals surface area contributed by atoms with Crippen molar-refractivity contribution in [3.8, 4) is 11.6 Å². The van der Waals surface area contributed by atoms with Gasteiger partial charge in [0.2, 0.25) is 5.88 Å². The van der Waals surface area contributed by atoms with Crippen molar-refractivity contribution in [2.45, 2.75) is 20.4 Å². The molecule has 4 aromatic rings. The maximum Gasteiger partial charge on any atom is 0.244 e. The van der Waals surface area contributed by atoms with Crippen LogP contribution in [0.25, 0.3) is 10.9 Å². The molecule has 0 N–H and O–H groups in total. The summed E-state index contributed by atoms with van der Waals surface area (Å²) in [6.45, 7) is 4.78. The molecule has 0 aliphatic carbocycles. The van der Waals surface area contributed by atoms with Gasteiger partial charge in [-0.25, -0.2) is 9.37 Å². The largest absolute Gasteiger partial charge is 0.437 e. The Morgan fingerprint density at radius 2 is 1.78 bits per heavy atom. The summed E-state index contributed by atoms with van der Waals surface area (Å²) in [4.78, 5) is 4.43. The first kappa shape index (κ1) is 17.6. The van der Waals surface area contributed by atoms with Gasteiger partial charge < -0.3 is 9.30 Å². The highest BCUT2D eigenvalue weighted by molar-refractivity contribution is 6.31. The highest BCUT2D eigenvalue weighted by Crippen LogP contribution is 2.34. The van der Waals surface area contributed by atoms with Crippen molar-refractivity contribution in [1.29, 1.82) is 0 Å². The van der Waals surface area contributed by atoms with E-state index in [0.717, 1.165) is 27.2 Å². The molecule has 0 amide bonds. The van der Waals surface area contributed by atoms with Crippen LogP contribution in [-0.4, -0.2) is 9.55 Å². The molecule has 0 spiro atoms. The van der Waals surface area contributed by atoms with Crippen LogP contribution in [0.15, 0.2) is 60.8 Å². The van der Waals surface area contributed by atoms with E-state index < -0.39 is 0 Å². The quantitative estimate of drug-likeness (QED) is 0.416. The number of pyridine rings is 1. The van der Waals surface area contributed by atoms with Gasteiger partial charge in [0.15, 0.2) is 0 Å². The van der Waals surface area contributed by atoms with E-state index in [9.17, 15) is 4.39 Å². The molecule has 136 valence electrons. The monoisotopic (exact) mass is 380 g/mol. The Kier molecular flexibility index (Phi) is 4.58. The van der Waals surface area contributed by atoms with Crippen molar-refractivity contribution in [3.05, 3.63) is 88.5 Å². The number of nitrogens with zero attached hydrogens (tertiary/aromatic N) is 2. The van der Waals surface area contributed by atoms with Crippen LogP contribution in [0.4, 0.5) is 4.39 Å². The van der Waals surface area contributed by atoms with E-state index in [0.29, 0.717) is 18.2 Å². The fraction of sp³-hybridized carbons (Fsp3) is 0.136. The van der Waals surface area contributed by atoms with Crippen molar-refractivity contribution < 1.29 is 9.13 Å². The molecule has 0 aliphatic heterocycles. The summed E-state index contributed by atoms with van der Waals surface area (Å²) in [6, 6.07) is 15.7. The van der Waals surface area contributed by atoms with Crippen LogP contribution in [0.1, 0.15) is 16.8 Å². The summed E-state index contributed by atoms with van der Waals surface area (Å²) in [5, 5.41) is 1.80. The summed E-state index contributed by atoms with van der Waals surface area (Å²) in [5.41, 5.74) is 4.22. The molecule has 0 saturated heterocycles. The van der Waals surface area contributed by atoms with E-state index in [1.54, 1.807) is 18.3 Å². The van der Waals surface area contributed by atoms with Gasteiger partial charge in [-0.05, 0) is 61.4 Å². The smallest absolute Gasteiger partial charge is 0.244 e. The highest BCUT2D eigenvalue weighted by atomic mass is 35.5. The third-order valence-corrected chi connectivity index (χ3v) is 5.20. The first-order valence-electron chi connectivity index (χ1n) is 8.66. The van der Waals surface area contributed by atoms with E-state index in [4.69, 9.17) is 16.3 Å². The maximum atomic E-state index is 13.2. The van der Waals surface area contributed by atoms with Crippen LogP contribution in [0, 0.1) is 19.7 Å². The number of ether oxygens (including phenoxy) is 1. The number of hydrogen-bond acceptors (Lipinski definition) is 2. The Balaban J connectivity index is 1.84. The third kappa shape index (κ3) is 3.28. The molecular weight excluding hydrogens is 363 g/mol. The Hall–Kier alpha value is -2.85. The Morgan fingerprint density at radius 3 is 2.52 bits per heavy atom. The van der Waals surface area contributed by atoms with E-state index in [1.807, 2.05) is 30.3 Å². The molecule has 0 saturated carbocycles. The summed E-state index contributed by atoms with van der Waals surface area (Å²) in [7, 11) is 0. The van der Waals surface area contributed by atoms with Gasteiger partial charge in [-0.3, -0.25) is 0 Å². The van der Waals surface area contributed by atoms with E-state index >= 15 is 0 Å². The molecule has 3 nitrogen and oxygen atoms in total. The fourth-order valence-corrected chi connectivity index (χ4v) is 3.44. The predicted octanol–water partition coefficient (Wildman–Crippen LogP) is 6.29. The average molecular weight is 381 g/mol. The number of benzene rings is 2. The van der Waals surface area contributed by atoms with Gasteiger partial charge in [0.1, 0.15) is 17.1 Å². The predicted molar refractivity (Wildman–Crippen MR) is 106 cm³/mol. The summed E-state index contributed by atoms with van der Waals surface area (Å²) >= 11 is 6.37. The molecule has 2 aromatic heterocycles. The number of fused-ring (bicyclic) bond motifs is 1. The standard InChI is InChI=1S/C22H18ClFN2O/c1-14-15(2)26(13-16-5-3-4-6-20(16)23)21-19(14)11-12-25-22(21)27-18-9-7-17(24)8-10-18/h3-12H,13H2,1-2H3. The zero-order valence-corrected chi connectivity index (χ0v) is 15.8. The lowest BCUT2D eigenvalue weighted by Crippen LogP contribution is -2.04. The van der Waals surface area contributed by atoms with Gasteiger partial charge in [-0.15, -0.1) is 0 Å². The number of hydrogen-bond donors (Lipinski definition) is 0. The van der Waals surface area contributed by atoms with Crippen LogP contribution >= 0.6 is 11.6 Å². The molecular formula is C22H18ClFN2O. The van der Waals surface area contributed by atoms with Crippen LogP contribution < -0.4 is 4.74 Å². The second-order valence-corrected chi connectivity index (χ2v) is 6.86. The Bertz CT molecular complexity index is 1120. The average Bonchev–Trinajstić information content (AvgIpc) is 2.91. The SMILES string of the molecule is Cc1c(C)n(Cc2ccccc2Cl)c2c(Oc3ccc(F)cc3)nccc12. The lowest BCUT2D eigenvalue weighted by Gasteiger charge is -2.13. The molecule has 0 atom stereocenters. The topological polar surface area (TPSA) is 27.1 Å². The fourth-order valence-electron chi connectivity index (χ4n) is 3.25. The molecule has 27 heavy (non-hydrogen) atoms. The van der Waals surface area contributed by atoms with Crippen molar-refractivity contribution in [3.63, 3.8) is 0 Å². The van der Waals surface area contributed by atoms with Gasteiger partial charge in [0, 0.05) is 28.8 Å². The van der Waals surface area contributed by atoms with Crippen molar-refractivity contribution in [2.75, 3.05) is 0 Å². The van der Waals surface area contributed by atoms with Crippen LogP contribution in [0.3, 0.4) is 0 Å².